The molecule has 1 atom stereocenters. The van der Waals surface area contributed by atoms with Crippen molar-refractivity contribution in [3.05, 3.63) is 70.5 Å². The summed E-state index contributed by atoms with van der Waals surface area (Å²) >= 11 is 0. The summed E-state index contributed by atoms with van der Waals surface area (Å²) in [5.74, 6) is 1.13. The summed E-state index contributed by atoms with van der Waals surface area (Å²) in [6, 6.07) is 16.9. The predicted octanol–water partition coefficient (Wildman–Crippen LogP) is 3.01. The molecule has 0 aliphatic heterocycles. The number of benzene rings is 2. The Hall–Kier alpha value is -3.15. The molecule has 0 aliphatic carbocycles. The first kappa shape index (κ1) is 15.7. The normalized spacial score (nSPS) is 11.8. The van der Waals surface area contributed by atoms with Gasteiger partial charge >= 0.3 is 0 Å². The molecule has 0 aliphatic rings. The van der Waals surface area contributed by atoms with E-state index >= 15 is 0 Å². The van der Waals surface area contributed by atoms with Gasteiger partial charge in [0, 0.05) is 5.56 Å². The van der Waals surface area contributed by atoms with Crippen LogP contribution in [-0.2, 0) is 0 Å². The van der Waals surface area contributed by atoms with E-state index < -0.39 is 0 Å². The first-order valence-corrected chi connectivity index (χ1v) is 7.60. The molecule has 0 bridgehead atoms. The lowest BCUT2D eigenvalue weighted by molar-refractivity contribution is 0.414. The summed E-state index contributed by atoms with van der Waals surface area (Å²) in [6.45, 7) is 1.98. The molecule has 122 valence electrons. The Morgan fingerprint density at radius 1 is 1.04 bits per heavy atom. The molecule has 6 nitrogen and oxygen atoms in total. The molecule has 0 saturated carbocycles. The predicted molar refractivity (Wildman–Crippen MR) is 93.1 cm³/mol. The van der Waals surface area contributed by atoms with Crippen LogP contribution in [0.2, 0.25) is 0 Å². The number of nitrogens with zero attached hydrogens (tertiary/aromatic N) is 2. The molecule has 0 saturated heterocycles. The Morgan fingerprint density at radius 2 is 1.75 bits per heavy atom. The van der Waals surface area contributed by atoms with E-state index in [4.69, 9.17) is 4.74 Å². The van der Waals surface area contributed by atoms with Crippen molar-refractivity contribution in [2.45, 2.75) is 13.0 Å². The second kappa shape index (κ2) is 6.95. The van der Waals surface area contributed by atoms with Crippen LogP contribution in [0.1, 0.15) is 18.5 Å². The fraction of sp³-hybridized carbons (Fsp3) is 0.167. The smallest absolute Gasteiger partial charge is 0.279 e. The maximum atomic E-state index is 12.2. The van der Waals surface area contributed by atoms with Crippen molar-refractivity contribution in [3.63, 3.8) is 0 Å². The average Bonchev–Trinajstić information content (AvgIpc) is 2.62. The molecule has 24 heavy (non-hydrogen) atoms. The SMILES string of the molecule is COc1ccc(C(C)Nc2nnc(-c3ccccc3)c(=O)[nH]2)cc1. The number of aromatic amines is 1. The molecule has 1 aromatic heterocycles. The van der Waals surface area contributed by atoms with Crippen LogP contribution in [0, 0.1) is 0 Å². The lowest BCUT2D eigenvalue weighted by atomic mass is 10.1. The van der Waals surface area contributed by atoms with Crippen molar-refractivity contribution in [2.75, 3.05) is 12.4 Å². The third-order valence-corrected chi connectivity index (χ3v) is 3.71. The van der Waals surface area contributed by atoms with E-state index in [2.05, 4.69) is 20.5 Å². The number of rotatable bonds is 5. The Kier molecular flexibility index (Phi) is 4.56. The lowest BCUT2D eigenvalue weighted by Crippen LogP contribution is -2.18. The van der Waals surface area contributed by atoms with Crippen molar-refractivity contribution in [1.82, 2.24) is 15.2 Å². The monoisotopic (exact) mass is 322 g/mol. The standard InChI is InChI=1S/C18H18N4O2/c1-12(13-8-10-15(24-2)11-9-13)19-18-20-17(23)16(21-22-18)14-6-4-3-5-7-14/h3-12H,1-2H3,(H2,19,20,22,23). The lowest BCUT2D eigenvalue weighted by Gasteiger charge is -2.14. The first-order chi connectivity index (χ1) is 11.7. The van der Waals surface area contributed by atoms with Gasteiger partial charge in [0.2, 0.25) is 5.95 Å². The average molecular weight is 322 g/mol. The largest absolute Gasteiger partial charge is 0.497 e. The topological polar surface area (TPSA) is 79.9 Å². The summed E-state index contributed by atoms with van der Waals surface area (Å²) in [5, 5.41) is 11.3. The number of hydrogen-bond donors (Lipinski definition) is 2. The van der Waals surface area contributed by atoms with E-state index in [0.717, 1.165) is 16.9 Å². The van der Waals surface area contributed by atoms with Gasteiger partial charge in [-0.1, -0.05) is 42.5 Å². The van der Waals surface area contributed by atoms with Crippen molar-refractivity contribution in [3.8, 4) is 17.0 Å². The highest BCUT2D eigenvalue weighted by atomic mass is 16.5. The number of H-pyrrole nitrogens is 1. The second-order valence-corrected chi connectivity index (χ2v) is 5.36. The highest BCUT2D eigenvalue weighted by Crippen LogP contribution is 2.19. The fourth-order valence-electron chi connectivity index (χ4n) is 2.37. The molecule has 3 rings (SSSR count). The van der Waals surface area contributed by atoms with Crippen LogP contribution in [0.3, 0.4) is 0 Å². The molecule has 1 unspecified atom stereocenters. The Morgan fingerprint density at radius 3 is 2.38 bits per heavy atom. The zero-order valence-electron chi connectivity index (χ0n) is 13.5. The minimum absolute atomic E-state index is 0.0385. The zero-order valence-corrected chi connectivity index (χ0v) is 13.5. The van der Waals surface area contributed by atoms with Crippen LogP contribution in [0.25, 0.3) is 11.3 Å². The van der Waals surface area contributed by atoms with Crippen LogP contribution >= 0.6 is 0 Å². The van der Waals surface area contributed by atoms with Gasteiger partial charge in [-0.15, -0.1) is 10.2 Å². The summed E-state index contributed by atoms with van der Waals surface area (Å²) in [4.78, 5) is 15.0. The van der Waals surface area contributed by atoms with Gasteiger partial charge in [-0.05, 0) is 24.6 Å². The molecule has 2 aromatic carbocycles. The molecule has 0 fully saturated rings. The highest BCUT2D eigenvalue weighted by molar-refractivity contribution is 5.57. The van der Waals surface area contributed by atoms with Gasteiger partial charge in [0.05, 0.1) is 13.2 Å². The van der Waals surface area contributed by atoms with Crippen molar-refractivity contribution in [1.29, 1.82) is 0 Å². The highest BCUT2D eigenvalue weighted by Gasteiger charge is 2.10. The molecule has 1 heterocycles. The Labute approximate surface area is 139 Å². The van der Waals surface area contributed by atoms with Gasteiger partial charge in [0.15, 0.2) is 5.69 Å². The van der Waals surface area contributed by atoms with E-state index in [1.54, 1.807) is 7.11 Å². The van der Waals surface area contributed by atoms with Gasteiger partial charge in [-0.3, -0.25) is 9.78 Å². The van der Waals surface area contributed by atoms with Crippen molar-refractivity contribution >= 4 is 5.95 Å². The van der Waals surface area contributed by atoms with Gasteiger partial charge in [0.25, 0.3) is 5.56 Å². The Bertz CT molecular complexity index is 860. The van der Waals surface area contributed by atoms with Crippen LogP contribution < -0.4 is 15.6 Å². The van der Waals surface area contributed by atoms with E-state index in [0.29, 0.717) is 11.6 Å². The molecule has 2 N–H and O–H groups in total. The number of hydrogen-bond acceptors (Lipinski definition) is 5. The van der Waals surface area contributed by atoms with Gasteiger partial charge in [-0.2, -0.15) is 0 Å². The summed E-state index contributed by atoms with van der Waals surface area (Å²) < 4.78 is 5.15. The molecule has 0 spiro atoms. The fourth-order valence-corrected chi connectivity index (χ4v) is 2.37. The maximum absolute atomic E-state index is 12.2. The quantitative estimate of drug-likeness (QED) is 0.755. The second-order valence-electron chi connectivity index (χ2n) is 5.36. The van der Waals surface area contributed by atoms with E-state index in [1.807, 2.05) is 61.5 Å². The summed E-state index contributed by atoms with van der Waals surface area (Å²) in [7, 11) is 1.63. The van der Waals surface area contributed by atoms with Gasteiger partial charge < -0.3 is 10.1 Å². The minimum atomic E-state index is -0.277. The third kappa shape index (κ3) is 3.43. The van der Waals surface area contributed by atoms with Crippen LogP contribution in [-0.4, -0.2) is 22.3 Å². The Balaban J connectivity index is 1.78. The molecule has 6 heteroatoms. The van der Waals surface area contributed by atoms with Crippen LogP contribution in [0.15, 0.2) is 59.4 Å². The van der Waals surface area contributed by atoms with Gasteiger partial charge in [-0.25, -0.2) is 0 Å². The zero-order chi connectivity index (χ0) is 16.9. The van der Waals surface area contributed by atoms with Gasteiger partial charge in [0.1, 0.15) is 5.75 Å². The molecule has 0 amide bonds. The first-order valence-electron chi connectivity index (χ1n) is 7.60. The number of anilines is 1. The van der Waals surface area contributed by atoms with Crippen molar-refractivity contribution in [2.24, 2.45) is 0 Å². The van der Waals surface area contributed by atoms with Crippen LogP contribution in [0.4, 0.5) is 5.95 Å². The molecular formula is C18H18N4O2. The summed E-state index contributed by atoms with van der Waals surface area (Å²) in [6.07, 6.45) is 0. The molecule has 0 radical (unpaired) electrons. The van der Waals surface area contributed by atoms with E-state index in [9.17, 15) is 4.79 Å². The van der Waals surface area contributed by atoms with Crippen molar-refractivity contribution < 1.29 is 4.74 Å². The number of aromatic nitrogens is 3. The maximum Gasteiger partial charge on any atom is 0.279 e. The van der Waals surface area contributed by atoms with E-state index in [1.165, 1.54) is 0 Å². The molecular weight excluding hydrogens is 304 g/mol. The van der Waals surface area contributed by atoms with E-state index in [-0.39, 0.29) is 11.6 Å². The number of nitrogens with one attached hydrogen (secondary N) is 2. The third-order valence-electron chi connectivity index (χ3n) is 3.71. The molecule has 3 aromatic rings. The number of ether oxygens (including phenoxy) is 1. The number of methoxy groups -OCH3 is 1. The minimum Gasteiger partial charge on any atom is -0.497 e. The van der Waals surface area contributed by atoms with Crippen LogP contribution in [0.5, 0.6) is 5.75 Å². The summed E-state index contributed by atoms with van der Waals surface area (Å²) in [5.41, 5.74) is 1.81.